The Kier molecular flexibility index (Phi) is 3.87. The second-order valence-corrected chi connectivity index (χ2v) is 5.97. The van der Waals surface area contributed by atoms with Crippen molar-refractivity contribution in [2.75, 3.05) is 39.2 Å². The first-order valence-corrected chi connectivity index (χ1v) is 7.44. The molecule has 0 bridgehead atoms. The van der Waals surface area contributed by atoms with Gasteiger partial charge in [-0.15, -0.1) is 0 Å². The molecule has 2 heterocycles. The van der Waals surface area contributed by atoms with Gasteiger partial charge < -0.3 is 10.3 Å². The maximum Gasteiger partial charge on any atom is 0.149 e. The minimum atomic E-state index is 0.257. The third-order valence-electron chi connectivity index (χ3n) is 4.49. The quantitative estimate of drug-likeness (QED) is 0.607. The Bertz CT molecular complexity index is 472. The number of fused-ring (bicyclic) bond motifs is 1. The van der Waals surface area contributed by atoms with Crippen LogP contribution in [0.3, 0.4) is 0 Å². The first kappa shape index (κ1) is 13.7. The number of nitrogens with zero attached hydrogens (tertiary/aromatic N) is 4. The Morgan fingerprint density at radius 1 is 1.15 bits per heavy atom. The first-order valence-electron chi connectivity index (χ1n) is 7.44. The van der Waals surface area contributed by atoms with E-state index in [1.165, 1.54) is 24.1 Å². The highest BCUT2D eigenvalue weighted by Gasteiger charge is 2.28. The molecule has 0 spiro atoms. The van der Waals surface area contributed by atoms with Gasteiger partial charge in [-0.3, -0.25) is 4.90 Å². The lowest BCUT2D eigenvalue weighted by molar-refractivity contribution is 0.109. The summed E-state index contributed by atoms with van der Waals surface area (Å²) in [5.74, 6) is 7.41. The molecule has 1 aromatic rings. The summed E-state index contributed by atoms with van der Waals surface area (Å²) in [5, 5.41) is 0. The fraction of sp³-hybridized carbons (Fsp3) is 0.714. The number of likely N-dealkylation sites (N-methyl/N-ethyl adjacent to an activating group) is 2. The zero-order valence-electron chi connectivity index (χ0n) is 12.4. The standard InChI is InChI=1S/C14H24N6/c1-19-7-8-20(2)12(9-19)14-16-11-6-4-3-5-10(11)13(17-14)18-15/h12H,3-9,15H2,1-2H3,(H,16,17,18). The van der Waals surface area contributed by atoms with Gasteiger partial charge in [0.1, 0.15) is 11.6 Å². The summed E-state index contributed by atoms with van der Waals surface area (Å²) in [4.78, 5) is 14.2. The van der Waals surface area contributed by atoms with Gasteiger partial charge >= 0.3 is 0 Å². The molecule has 1 atom stereocenters. The molecule has 1 fully saturated rings. The molecule has 3 N–H and O–H groups in total. The van der Waals surface area contributed by atoms with E-state index in [0.717, 1.165) is 44.1 Å². The molecule has 0 amide bonds. The van der Waals surface area contributed by atoms with Crippen LogP contribution in [0.5, 0.6) is 0 Å². The number of hydrogen-bond donors (Lipinski definition) is 2. The molecule has 110 valence electrons. The van der Waals surface area contributed by atoms with Crippen molar-refractivity contribution in [3.63, 3.8) is 0 Å². The highest BCUT2D eigenvalue weighted by atomic mass is 15.3. The van der Waals surface area contributed by atoms with Crippen LogP contribution in [-0.2, 0) is 12.8 Å². The van der Waals surface area contributed by atoms with Crippen LogP contribution in [0.15, 0.2) is 0 Å². The number of aryl methyl sites for hydroxylation is 1. The SMILES string of the molecule is CN1CCN(C)C(c2nc3c(c(NN)n2)CCCC3)C1. The van der Waals surface area contributed by atoms with E-state index >= 15 is 0 Å². The lowest BCUT2D eigenvalue weighted by Crippen LogP contribution is -2.45. The predicted molar refractivity (Wildman–Crippen MR) is 79.4 cm³/mol. The second kappa shape index (κ2) is 5.63. The van der Waals surface area contributed by atoms with E-state index < -0.39 is 0 Å². The summed E-state index contributed by atoms with van der Waals surface area (Å²) >= 11 is 0. The average Bonchev–Trinajstić information content (AvgIpc) is 2.48. The number of aromatic nitrogens is 2. The van der Waals surface area contributed by atoms with E-state index in [1.54, 1.807) is 0 Å². The highest BCUT2D eigenvalue weighted by Crippen LogP contribution is 2.28. The van der Waals surface area contributed by atoms with Crippen LogP contribution in [-0.4, -0.2) is 53.5 Å². The number of rotatable bonds is 2. The van der Waals surface area contributed by atoms with Crippen molar-refractivity contribution in [2.45, 2.75) is 31.7 Å². The lowest BCUT2D eigenvalue weighted by Gasteiger charge is -2.37. The summed E-state index contributed by atoms with van der Waals surface area (Å²) in [6.07, 6.45) is 4.51. The molecule has 2 aliphatic rings. The van der Waals surface area contributed by atoms with Gasteiger partial charge in [-0.2, -0.15) is 0 Å². The van der Waals surface area contributed by atoms with Gasteiger partial charge in [-0.25, -0.2) is 15.8 Å². The van der Waals surface area contributed by atoms with Gasteiger partial charge in [-0.05, 0) is 39.8 Å². The number of anilines is 1. The smallest absolute Gasteiger partial charge is 0.149 e. The molecule has 1 saturated heterocycles. The van der Waals surface area contributed by atoms with Crippen molar-refractivity contribution < 1.29 is 0 Å². The van der Waals surface area contributed by atoms with E-state index in [2.05, 4.69) is 29.3 Å². The number of hydrazine groups is 1. The van der Waals surface area contributed by atoms with Crippen molar-refractivity contribution in [3.05, 3.63) is 17.1 Å². The second-order valence-electron chi connectivity index (χ2n) is 5.97. The molecule has 0 aromatic carbocycles. The molecule has 6 heteroatoms. The Balaban J connectivity index is 1.96. The molecular formula is C14H24N6. The third-order valence-corrected chi connectivity index (χ3v) is 4.49. The molecule has 0 radical (unpaired) electrons. The molecule has 3 rings (SSSR count). The van der Waals surface area contributed by atoms with E-state index in [1.807, 2.05) is 0 Å². The zero-order valence-corrected chi connectivity index (χ0v) is 12.4. The Hall–Kier alpha value is -1.24. The van der Waals surface area contributed by atoms with E-state index in [-0.39, 0.29) is 6.04 Å². The Morgan fingerprint density at radius 3 is 2.75 bits per heavy atom. The minimum absolute atomic E-state index is 0.257. The molecule has 20 heavy (non-hydrogen) atoms. The van der Waals surface area contributed by atoms with Crippen molar-refractivity contribution in [1.82, 2.24) is 19.8 Å². The largest absolute Gasteiger partial charge is 0.308 e. The topological polar surface area (TPSA) is 70.3 Å². The van der Waals surface area contributed by atoms with Crippen LogP contribution in [0.4, 0.5) is 5.82 Å². The van der Waals surface area contributed by atoms with Gasteiger partial charge in [0.25, 0.3) is 0 Å². The summed E-state index contributed by atoms with van der Waals surface area (Å²) < 4.78 is 0. The van der Waals surface area contributed by atoms with E-state index in [4.69, 9.17) is 15.8 Å². The average molecular weight is 276 g/mol. The summed E-state index contributed by atoms with van der Waals surface area (Å²) in [5.41, 5.74) is 5.18. The van der Waals surface area contributed by atoms with Gasteiger partial charge in [0.05, 0.1) is 6.04 Å². The molecular weight excluding hydrogens is 252 g/mol. The van der Waals surface area contributed by atoms with Crippen LogP contribution in [0.1, 0.15) is 36.0 Å². The van der Waals surface area contributed by atoms with Crippen molar-refractivity contribution >= 4 is 5.82 Å². The number of piperazine rings is 1. The van der Waals surface area contributed by atoms with Gasteiger partial charge in [-0.1, -0.05) is 0 Å². The van der Waals surface area contributed by atoms with E-state index in [9.17, 15) is 0 Å². The normalized spacial score (nSPS) is 24.4. The number of nitrogens with two attached hydrogens (primary N) is 1. The molecule has 6 nitrogen and oxygen atoms in total. The molecule has 0 saturated carbocycles. The van der Waals surface area contributed by atoms with Gasteiger partial charge in [0.15, 0.2) is 0 Å². The van der Waals surface area contributed by atoms with Crippen molar-refractivity contribution in [3.8, 4) is 0 Å². The Labute approximate surface area is 120 Å². The highest BCUT2D eigenvalue weighted by molar-refractivity contribution is 5.47. The van der Waals surface area contributed by atoms with E-state index in [0.29, 0.717) is 0 Å². The van der Waals surface area contributed by atoms with Gasteiger partial charge in [0, 0.05) is 30.9 Å². The maximum absolute atomic E-state index is 5.67. The predicted octanol–water partition coefficient (Wildman–Crippen LogP) is 0.559. The molecule has 1 aliphatic heterocycles. The van der Waals surface area contributed by atoms with Gasteiger partial charge in [0.2, 0.25) is 0 Å². The number of nitrogens with one attached hydrogen (secondary N) is 1. The van der Waals surface area contributed by atoms with Crippen LogP contribution >= 0.6 is 0 Å². The lowest BCUT2D eigenvalue weighted by atomic mass is 9.96. The fourth-order valence-electron chi connectivity index (χ4n) is 3.17. The van der Waals surface area contributed by atoms with Crippen LogP contribution < -0.4 is 11.3 Å². The third kappa shape index (κ3) is 2.51. The minimum Gasteiger partial charge on any atom is -0.308 e. The molecule has 1 aliphatic carbocycles. The van der Waals surface area contributed by atoms with Crippen molar-refractivity contribution in [1.29, 1.82) is 0 Å². The fourth-order valence-corrected chi connectivity index (χ4v) is 3.17. The Morgan fingerprint density at radius 2 is 1.95 bits per heavy atom. The van der Waals surface area contributed by atoms with Crippen LogP contribution in [0.25, 0.3) is 0 Å². The number of hydrogen-bond acceptors (Lipinski definition) is 6. The summed E-state index contributed by atoms with van der Waals surface area (Å²) in [6.45, 7) is 3.12. The molecule has 1 aromatic heterocycles. The zero-order chi connectivity index (χ0) is 14.1. The van der Waals surface area contributed by atoms with Crippen LogP contribution in [0, 0.1) is 0 Å². The van der Waals surface area contributed by atoms with Crippen molar-refractivity contribution in [2.24, 2.45) is 5.84 Å². The van der Waals surface area contributed by atoms with Crippen LogP contribution in [0.2, 0.25) is 0 Å². The monoisotopic (exact) mass is 276 g/mol. The summed E-state index contributed by atoms with van der Waals surface area (Å²) in [7, 11) is 4.30. The number of nitrogen functional groups attached to an aromatic ring is 1. The maximum atomic E-state index is 5.67. The first-order chi connectivity index (χ1) is 9.69. The summed E-state index contributed by atoms with van der Waals surface area (Å²) in [6, 6.07) is 0.257. The molecule has 1 unspecified atom stereocenters.